The molecule has 0 amide bonds. The molecule has 0 spiro atoms. The number of carbonyl (C=O) groups excluding carboxylic acids is 1. The van der Waals surface area contributed by atoms with Crippen molar-refractivity contribution in [3.63, 3.8) is 0 Å². The van der Waals surface area contributed by atoms with E-state index in [1.807, 2.05) is 60.7 Å². The molecule has 0 atom stereocenters. The monoisotopic (exact) mass is 344 g/mol. The van der Waals surface area contributed by atoms with Crippen molar-refractivity contribution in [1.29, 1.82) is 0 Å². The molecule has 0 saturated heterocycles. The number of hydrogen-bond donors (Lipinski definition) is 0. The topological polar surface area (TPSA) is 65.2 Å². The van der Waals surface area contributed by atoms with E-state index in [0.717, 1.165) is 22.0 Å². The Hall–Kier alpha value is -3.47. The molecule has 0 fully saturated rings. The van der Waals surface area contributed by atoms with Gasteiger partial charge in [0, 0.05) is 22.7 Å². The maximum atomic E-state index is 12.5. The van der Waals surface area contributed by atoms with Crippen molar-refractivity contribution in [2.75, 3.05) is 0 Å². The van der Waals surface area contributed by atoms with E-state index in [1.165, 1.54) is 0 Å². The number of oxazole rings is 1. The average Bonchev–Trinajstić information content (AvgIpc) is 3.08. The second-order valence-corrected chi connectivity index (χ2v) is 5.86. The number of pyridine rings is 1. The molecule has 2 aromatic carbocycles. The molecule has 0 unspecified atom stereocenters. The summed E-state index contributed by atoms with van der Waals surface area (Å²) in [6, 6.07) is 19.1. The Morgan fingerprint density at radius 2 is 1.85 bits per heavy atom. The standard InChI is InChI=1S/C21H16N2O3/c1-14-18(23-20(26-14)16-7-3-2-4-8-16)21(24)25-13-17-10-5-9-15-11-6-12-22-19(15)17/h2-12H,13H2,1H3. The van der Waals surface area contributed by atoms with Gasteiger partial charge < -0.3 is 9.15 Å². The minimum Gasteiger partial charge on any atom is -0.456 e. The lowest BCUT2D eigenvalue weighted by Crippen LogP contribution is -2.07. The Morgan fingerprint density at radius 3 is 2.69 bits per heavy atom. The summed E-state index contributed by atoms with van der Waals surface area (Å²) >= 11 is 0. The van der Waals surface area contributed by atoms with E-state index in [2.05, 4.69) is 9.97 Å². The largest absolute Gasteiger partial charge is 0.456 e. The van der Waals surface area contributed by atoms with Gasteiger partial charge in [-0.15, -0.1) is 0 Å². The smallest absolute Gasteiger partial charge is 0.360 e. The molecule has 0 saturated carbocycles. The number of carbonyl (C=O) groups is 1. The zero-order valence-corrected chi connectivity index (χ0v) is 14.2. The molecular weight excluding hydrogens is 328 g/mol. The Kier molecular flexibility index (Phi) is 4.19. The summed E-state index contributed by atoms with van der Waals surface area (Å²) in [4.78, 5) is 21.1. The molecule has 0 radical (unpaired) electrons. The fourth-order valence-corrected chi connectivity index (χ4v) is 2.79. The number of aryl methyl sites for hydroxylation is 1. The highest BCUT2D eigenvalue weighted by Gasteiger charge is 2.19. The average molecular weight is 344 g/mol. The predicted molar refractivity (Wildman–Crippen MR) is 97.5 cm³/mol. The maximum Gasteiger partial charge on any atom is 0.360 e. The van der Waals surface area contributed by atoms with E-state index in [0.29, 0.717) is 11.7 Å². The lowest BCUT2D eigenvalue weighted by molar-refractivity contribution is 0.0466. The third-order valence-corrected chi connectivity index (χ3v) is 4.09. The third-order valence-electron chi connectivity index (χ3n) is 4.09. The minimum absolute atomic E-state index is 0.125. The van der Waals surface area contributed by atoms with Gasteiger partial charge in [-0.2, -0.15) is 0 Å². The van der Waals surface area contributed by atoms with Gasteiger partial charge >= 0.3 is 5.97 Å². The Bertz CT molecular complexity index is 1070. The SMILES string of the molecule is Cc1oc(-c2ccccc2)nc1C(=O)OCc1cccc2cccnc12. The van der Waals surface area contributed by atoms with Crippen molar-refractivity contribution in [2.24, 2.45) is 0 Å². The van der Waals surface area contributed by atoms with Gasteiger partial charge in [0.1, 0.15) is 12.4 Å². The number of benzene rings is 2. The number of rotatable bonds is 4. The number of ether oxygens (including phenoxy) is 1. The van der Waals surface area contributed by atoms with Crippen LogP contribution in [-0.2, 0) is 11.3 Å². The minimum atomic E-state index is -0.513. The fourth-order valence-electron chi connectivity index (χ4n) is 2.79. The Labute approximate surface area is 150 Å². The molecule has 128 valence electrons. The third kappa shape index (κ3) is 3.07. The highest BCUT2D eigenvalue weighted by Crippen LogP contribution is 2.22. The van der Waals surface area contributed by atoms with Crippen molar-refractivity contribution >= 4 is 16.9 Å². The molecule has 4 aromatic rings. The summed E-state index contributed by atoms with van der Waals surface area (Å²) in [5.74, 6) is 0.327. The predicted octanol–water partition coefficient (Wildman–Crippen LogP) is 4.56. The van der Waals surface area contributed by atoms with Crippen LogP contribution in [0, 0.1) is 6.92 Å². The molecule has 0 bridgehead atoms. The number of nitrogens with zero attached hydrogens (tertiary/aromatic N) is 2. The zero-order chi connectivity index (χ0) is 17.9. The molecule has 5 nitrogen and oxygen atoms in total. The van der Waals surface area contributed by atoms with Crippen LogP contribution in [0.3, 0.4) is 0 Å². The van der Waals surface area contributed by atoms with Crippen LogP contribution in [0.15, 0.2) is 71.3 Å². The molecule has 5 heteroatoms. The van der Waals surface area contributed by atoms with Crippen LogP contribution in [0.4, 0.5) is 0 Å². The van der Waals surface area contributed by atoms with Crippen molar-refractivity contribution in [1.82, 2.24) is 9.97 Å². The van der Waals surface area contributed by atoms with Gasteiger partial charge in [0.15, 0.2) is 5.69 Å². The molecule has 2 aromatic heterocycles. The van der Waals surface area contributed by atoms with Gasteiger partial charge in [0.25, 0.3) is 0 Å². The van der Waals surface area contributed by atoms with Crippen LogP contribution in [0.5, 0.6) is 0 Å². The van der Waals surface area contributed by atoms with Gasteiger partial charge in [-0.25, -0.2) is 9.78 Å². The molecule has 26 heavy (non-hydrogen) atoms. The zero-order valence-electron chi connectivity index (χ0n) is 14.2. The quantitative estimate of drug-likeness (QED) is 0.508. The van der Waals surface area contributed by atoms with Crippen molar-refractivity contribution in [3.05, 3.63) is 83.9 Å². The Balaban J connectivity index is 1.54. The van der Waals surface area contributed by atoms with E-state index >= 15 is 0 Å². The number of esters is 1. The van der Waals surface area contributed by atoms with Crippen LogP contribution in [-0.4, -0.2) is 15.9 Å². The number of aromatic nitrogens is 2. The maximum absolute atomic E-state index is 12.5. The van der Waals surface area contributed by atoms with Crippen LogP contribution in [0.1, 0.15) is 21.8 Å². The highest BCUT2D eigenvalue weighted by atomic mass is 16.5. The van der Waals surface area contributed by atoms with Gasteiger partial charge in [-0.3, -0.25) is 4.98 Å². The lowest BCUT2D eigenvalue weighted by Gasteiger charge is -2.06. The Morgan fingerprint density at radius 1 is 1.04 bits per heavy atom. The first-order valence-corrected chi connectivity index (χ1v) is 8.25. The van der Waals surface area contributed by atoms with Crippen molar-refractivity contribution < 1.29 is 13.9 Å². The van der Waals surface area contributed by atoms with Gasteiger partial charge in [-0.05, 0) is 25.1 Å². The summed E-state index contributed by atoms with van der Waals surface area (Å²) in [7, 11) is 0. The molecule has 0 aliphatic carbocycles. The molecule has 0 aliphatic rings. The van der Waals surface area contributed by atoms with E-state index in [9.17, 15) is 4.79 Å². The summed E-state index contributed by atoms with van der Waals surface area (Å²) in [6.07, 6.45) is 1.72. The number of hydrogen-bond acceptors (Lipinski definition) is 5. The van der Waals surface area contributed by atoms with Gasteiger partial charge in [-0.1, -0.05) is 42.5 Å². The molecule has 4 rings (SSSR count). The molecule has 2 heterocycles. The van der Waals surface area contributed by atoms with Crippen molar-refractivity contribution in [2.45, 2.75) is 13.5 Å². The summed E-state index contributed by atoms with van der Waals surface area (Å²) in [5, 5.41) is 1.00. The number of para-hydroxylation sites is 1. The normalized spacial score (nSPS) is 10.8. The number of fused-ring (bicyclic) bond motifs is 1. The van der Waals surface area contributed by atoms with E-state index < -0.39 is 5.97 Å². The van der Waals surface area contributed by atoms with E-state index in [4.69, 9.17) is 9.15 Å². The van der Waals surface area contributed by atoms with Gasteiger partial charge in [0.2, 0.25) is 5.89 Å². The fraction of sp³-hybridized carbons (Fsp3) is 0.0952. The summed E-state index contributed by atoms with van der Waals surface area (Å²) in [5.41, 5.74) is 2.68. The second-order valence-electron chi connectivity index (χ2n) is 5.86. The molecular formula is C21H16N2O3. The highest BCUT2D eigenvalue weighted by molar-refractivity contribution is 5.89. The van der Waals surface area contributed by atoms with Gasteiger partial charge in [0.05, 0.1) is 5.52 Å². The first kappa shape index (κ1) is 16.0. The van der Waals surface area contributed by atoms with E-state index in [-0.39, 0.29) is 12.3 Å². The summed E-state index contributed by atoms with van der Waals surface area (Å²) in [6.45, 7) is 1.83. The van der Waals surface area contributed by atoms with Crippen LogP contribution >= 0.6 is 0 Å². The molecule has 0 aliphatic heterocycles. The summed E-state index contributed by atoms with van der Waals surface area (Å²) < 4.78 is 11.1. The van der Waals surface area contributed by atoms with Crippen LogP contribution in [0.25, 0.3) is 22.4 Å². The van der Waals surface area contributed by atoms with Crippen LogP contribution < -0.4 is 0 Å². The van der Waals surface area contributed by atoms with Crippen LogP contribution in [0.2, 0.25) is 0 Å². The molecule has 0 N–H and O–H groups in total. The first-order chi connectivity index (χ1) is 12.7. The van der Waals surface area contributed by atoms with Crippen molar-refractivity contribution in [3.8, 4) is 11.5 Å². The van der Waals surface area contributed by atoms with E-state index in [1.54, 1.807) is 13.1 Å². The first-order valence-electron chi connectivity index (χ1n) is 8.25. The second kappa shape index (κ2) is 6.80. The lowest BCUT2D eigenvalue weighted by atomic mass is 10.1.